The van der Waals surface area contributed by atoms with Crippen LogP contribution >= 0.6 is 0 Å². The summed E-state index contributed by atoms with van der Waals surface area (Å²) < 4.78 is 15.8. The first-order valence-corrected chi connectivity index (χ1v) is 7.42. The number of esters is 1. The maximum absolute atomic E-state index is 11.6. The number of hydrogen-bond acceptors (Lipinski definition) is 8. The fraction of sp³-hybridized carbons (Fsp3) is 0.250. The molecule has 0 aliphatic heterocycles. The highest BCUT2D eigenvalue weighted by atomic mass is 16.5. The predicted molar refractivity (Wildman–Crippen MR) is 84.3 cm³/mol. The van der Waals surface area contributed by atoms with Crippen molar-refractivity contribution in [2.24, 2.45) is 0 Å². The number of furan rings is 2. The Bertz CT molecular complexity index is 840. The summed E-state index contributed by atoms with van der Waals surface area (Å²) in [4.78, 5) is 15.9. The van der Waals surface area contributed by atoms with E-state index in [9.17, 15) is 4.79 Å². The number of nitrogens with zero attached hydrogens (tertiary/aromatic N) is 3. The van der Waals surface area contributed by atoms with E-state index in [1.807, 2.05) is 19.1 Å². The highest BCUT2D eigenvalue weighted by Crippen LogP contribution is 2.19. The molecule has 0 aromatic carbocycles. The van der Waals surface area contributed by atoms with Crippen LogP contribution in [-0.4, -0.2) is 27.8 Å². The van der Waals surface area contributed by atoms with Gasteiger partial charge in [-0.05, 0) is 38.1 Å². The molecule has 0 aliphatic carbocycles. The van der Waals surface area contributed by atoms with Crippen LogP contribution in [-0.2, 0) is 11.3 Å². The molecule has 0 fully saturated rings. The molecule has 0 radical (unpaired) electrons. The molecule has 3 aromatic rings. The first kappa shape index (κ1) is 15.7. The van der Waals surface area contributed by atoms with Crippen molar-refractivity contribution < 1.29 is 18.4 Å². The van der Waals surface area contributed by atoms with Crippen LogP contribution in [0.5, 0.6) is 0 Å². The van der Waals surface area contributed by atoms with Crippen molar-refractivity contribution in [1.82, 2.24) is 15.2 Å². The zero-order chi connectivity index (χ0) is 16.9. The molecule has 8 heteroatoms. The fourth-order valence-electron chi connectivity index (χ4n) is 2.02. The number of nitrogens with one attached hydrogen (secondary N) is 1. The first-order chi connectivity index (χ1) is 11.7. The van der Waals surface area contributed by atoms with Crippen molar-refractivity contribution >= 4 is 11.9 Å². The third-order valence-corrected chi connectivity index (χ3v) is 3.11. The van der Waals surface area contributed by atoms with E-state index in [0.717, 1.165) is 5.76 Å². The Balaban J connectivity index is 1.66. The van der Waals surface area contributed by atoms with Crippen molar-refractivity contribution in [3.8, 4) is 11.5 Å². The normalized spacial score (nSPS) is 10.6. The standard InChI is InChI=1S/C16H16N4O4/c1-3-22-15(21)14-7-5-11(24-14)8-17-16-19-12(9-18-20-16)13-6-4-10(2)23-13/h4-7,9H,3,8H2,1-2H3,(H,17,19,20). The SMILES string of the molecule is CCOC(=O)c1ccc(CNc2nncc(-c3ccc(C)o3)n2)o1. The van der Waals surface area contributed by atoms with Gasteiger partial charge in [-0.3, -0.25) is 0 Å². The Labute approximate surface area is 137 Å². The summed E-state index contributed by atoms with van der Waals surface area (Å²) in [7, 11) is 0. The van der Waals surface area contributed by atoms with Gasteiger partial charge in [0.1, 0.15) is 17.2 Å². The van der Waals surface area contributed by atoms with Gasteiger partial charge < -0.3 is 18.9 Å². The smallest absolute Gasteiger partial charge is 0.374 e. The molecule has 3 aromatic heterocycles. The Hall–Kier alpha value is -3.16. The van der Waals surface area contributed by atoms with Gasteiger partial charge in [0.05, 0.1) is 19.3 Å². The van der Waals surface area contributed by atoms with Crippen molar-refractivity contribution in [2.45, 2.75) is 20.4 Å². The molecule has 0 saturated heterocycles. The van der Waals surface area contributed by atoms with Crippen LogP contribution in [0.3, 0.4) is 0 Å². The Kier molecular flexibility index (Phi) is 4.55. The van der Waals surface area contributed by atoms with Crippen LogP contribution in [0.25, 0.3) is 11.5 Å². The summed E-state index contributed by atoms with van der Waals surface area (Å²) >= 11 is 0. The molecule has 0 bridgehead atoms. The van der Waals surface area contributed by atoms with E-state index in [4.69, 9.17) is 13.6 Å². The molecule has 0 saturated carbocycles. The third kappa shape index (κ3) is 3.60. The minimum atomic E-state index is -0.489. The zero-order valence-corrected chi connectivity index (χ0v) is 13.3. The van der Waals surface area contributed by atoms with Gasteiger partial charge in [-0.1, -0.05) is 0 Å². The van der Waals surface area contributed by atoms with E-state index >= 15 is 0 Å². The van der Waals surface area contributed by atoms with Gasteiger partial charge in [0, 0.05) is 0 Å². The van der Waals surface area contributed by atoms with E-state index in [0.29, 0.717) is 36.3 Å². The lowest BCUT2D eigenvalue weighted by atomic mass is 10.3. The van der Waals surface area contributed by atoms with E-state index in [-0.39, 0.29) is 5.76 Å². The van der Waals surface area contributed by atoms with Crippen LogP contribution in [0.4, 0.5) is 5.95 Å². The maximum Gasteiger partial charge on any atom is 0.374 e. The lowest BCUT2D eigenvalue weighted by Gasteiger charge is -2.03. The van der Waals surface area contributed by atoms with Crippen LogP contribution in [0.15, 0.2) is 39.3 Å². The molecule has 0 spiro atoms. The van der Waals surface area contributed by atoms with Gasteiger partial charge in [-0.25, -0.2) is 9.78 Å². The molecule has 24 heavy (non-hydrogen) atoms. The Morgan fingerprint density at radius 1 is 1.25 bits per heavy atom. The van der Waals surface area contributed by atoms with Gasteiger partial charge in [0.15, 0.2) is 5.76 Å². The van der Waals surface area contributed by atoms with E-state index in [1.54, 1.807) is 19.1 Å². The number of ether oxygens (including phenoxy) is 1. The lowest BCUT2D eigenvalue weighted by molar-refractivity contribution is 0.0488. The molecule has 8 nitrogen and oxygen atoms in total. The van der Waals surface area contributed by atoms with Crippen molar-refractivity contribution in [3.63, 3.8) is 0 Å². The van der Waals surface area contributed by atoms with Gasteiger partial charge in [0.2, 0.25) is 11.7 Å². The minimum absolute atomic E-state index is 0.160. The van der Waals surface area contributed by atoms with Gasteiger partial charge in [-0.2, -0.15) is 5.10 Å². The Morgan fingerprint density at radius 3 is 2.88 bits per heavy atom. The summed E-state index contributed by atoms with van der Waals surface area (Å²) in [6.07, 6.45) is 1.52. The molecule has 124 valence electrons. The lowest BCUT2D eigenvalue weighted by Crippen LogP contribution is -2.05. The second-order valence-electron chi connectivity index (χ2n) is 4.92. The number of carbonyl (C=O) groups excluding carboxylic acids is 1. The summed E-state index contributed by atoms with van der Waals surface area (Å²) in [5, 5.41) is 10.8. The Morgan fingerprint density at radius 2 is 2.12 bits per heavy atom. The number of carbonyl (C=O) groups is 1. The minimum Gasteiger partial charge on any atom is -0.460 e. The average Bonchev–Trinajstić information content (AvgIpc) is 3.22. The first-order valence-electron chi connectivity index (χ1n) is 7.42. The molecule has 3 rings (SSSR count). The molecule has 1 N–H and O–H groups in total. The molecular weight excluding hydrogens is 312 g/mol. The second-order valence-corrected chi connectivity index (χ2v) is 4.92. The van der Waals surface area contributed by atoms with Crippen molar-refractivity contribution in [3.05, 3.63) is 47.7 Å². The van der Waals surface area contributed by atoms with Gasteiger partial charge >= 0.3 is 5.97 Å². The molecule has 0 aliphatic rings. The van der Waals surface area contributed by atoms with Crippen LogP contribution in [0.1, 0.15) is 29.0 Å². The molecular formula is C16H16N4O4. The van der Waals surface area contributed by atoms with Gasteiger partial charge in [0.25, 0.3) is 0 Å². The number of aromatic nitrogens is 3. The molecule has 0 atom stereocenters. The van der Waals surface area contributed by atoms with E-state index in [1.165, 1.54) is 6.20 Å². The van der Waals surface area contributed by atoms with Crippen molar-refractivity contribution in [1.29, 1.82) is 0 Å². The highest BCUT2D eigenvalue weighted by molar-refractivity contribution is 5.86. The largest absolute Gasteiger partial charge is 0.460 e. The summed E-state index contributed by atoms with van der Waals surface area (Å²) in [5.74, 6) is 1.97. The van der Waals surface area contributed by atoms with Crippen LogP contribution in [0.2, 0.25) is 0 Å². The number of anilines is 1. The quantitative estimate of drug-likeness (QED) is 0.689. The number of rotatable bonds is 6. The third-order valence-electron chi connectivity index (χ3n) is 3.11. The monoisotopic (exact) mass is 328 g/mol. The average molecular weight is 328 g/mol. The van der Waals surface area contributed by atoms with Crippen LogP contribution in [0, 0.1) is 6.92 Å². The summed E-state index contributed by atoms with van der Waals surface area (Å²) in [6.45, 7) is 4.20. The number of hydrogen-bond donors (Lipinski definition) is 1. The summed E-state index contributed by atoms with van der Waals surface area (Å²) in [6, 6.07) is 6.92. The molecule has 0 unspecified atom stereocenters. The number of aryl methyl sites for hydroxylation is 1. The van der Waals surface area contributed by atoms with Gasteiger partial charge in [-0.15, -0.1) is 5.10 Å². The zero-order valence-electron chi connectivity index (χ0n) is 13.3. The predicted octanol–water partition coefficient (Wildman–Crippen LogP) is 2.82. The van der Waals surface area contributed by atoms with E-state index in [2.05, 4.69) is 20.5 Å². The maximum atomic E-state index is 11.6. The fourth-order valence-corrected chi connectivity index (χ4v) is 2.02. The summed E-state index contributed by atoms with van der Waals surface area (Å²) in [5.41, 5.74) is 0.576. The second kappa shape index (κ2) is 6.95. The topological polar surface area (TPSA) is 103 Å². The van der Waals surface area contributed by atoms with Crippen LogP contribution < -0.4 is 5.32 Å². The van der Waals surface area contributed by atoms with E-state index < -0.39 is 5.97 Å². The molecule has 0 amide bonds. The molecule has 3 heterocycles. The highest BCUT2D eigenvalue weighted by Gasteiger charge is 2.12. The van der Waals surface area contributed by atoms with Crippen molar-refractivity contribution in [2.75, 3.05) is 11.9 Å².